The minimum atomic E-state index is 1.22. The first-order valence-corrected chi connectivity index (χ1v) is 5.27. The van der Waals surface area contributed by atoms with Crippen LogP contribution in [0.15, 0.2) is 24.3 Å². The van der Waals surface area contributed by atoms with Crippen LogP contribution in [0.4, 0.5) is 0 Å². The highest BCUT2D eigenvalue weighted by atomic mass is 32.2. The molecule has 0 radical (unpaired) electrons. The van der Waals surface area contributed by atoms with Crippen LogP contribution in [0.25, 0.3) is 0 Å². The van der Waals surface area contributed by atoms with Gasteiger partial charge in [-0.25, -0.2) is 0 Å². The van der Waals surface area contributed by atoms with E-state index >= 15 is 0 Å². The second-order valence-electron chi connectivity index (χ2n) is 2.92. The van der Waals surface area contributed by atoms with Gasteiger partial charge in [0.25, 0.3) is 0 Å². The molecule has 0 aromatic heterocycles. The van der Waals surface area contributed by atoms with Gasteiger partial charge in [0, 0.05) is 5.75 Å². The zero-order valence-corrected chi connectivity index (χ0v) is 7.36. The van der Waals surface area contributed by atoms with E-state index in [-0.39, 0.29) is 0 Å². The molecule has 0 aliphatic carbocycles. The summed E-state index contributed by atoms with van der Waals surface area (Å²) >= 11 is 2.06. The fourth-order valence-corrected chi connectivity index (χ4v) is 2.48. The van der Waals surface area contributed by atoms with E-state index in [4.69, 9.17) is 0 Å². The molecule has 0 atom stereocenters. The third-order valence-electron chi connectivity index (χ3n) is 2.11. The lowest BCUT2D eigenvalue weighted by Crippen LogP contribution is -1.87. The van der Waals surface area contributed by atoms with Crippen LogP contribution >= 0.6 is 11.8 Å². The predicted molar refractivity (Wildman–Crippen MR) is 50.9 cm³/mol. The summed E-state index contributed by atoms with van der Waals surface area (Å²) < 4.78 is 0. The van der Waals surface area contributed by atoms with Crippen molar-refractivity contribution in [3.8, 4) is 0 Å². The first kappa shape index (κ1) is 7.23. The van der Waals surface area contributed by atoms with E-state index in [2.05, 4.69) is 36.0 Å². The van der Waals surface area contributed by atoms with Crippen molar-refractivity contribution >= 4 is 11.8 Å². The Bertz CT molecular complexity index is 217. The van der Waals surface area contributed by atoms with Gasteiger partial charge in [0.2, 0.25) is 0 Å². The van der Waals surface area contributed by atoms with E-state index in [0.717, 1.165) is 0 Å². The number of fused-ring (bicyclic) bond motifs is 1. The normalized spacial score (nSPS) is 17.1. The van der Waals surface area contributed by atoms with Crippen LogP contribution in [0.2, 0.25) is 0 Å². The molecule has 0 unspecified atom stereocenters. The second-order valence-corrected chi connectivity index (χ2v) is 4.03. The minimum Gasteiger partial charge on any atom is -0.157 e. The molecule has 1 aliphatic heterocycles. The lowest BCUT2D eigenvalue weighted by atomic mass is 10.1. The highest BCUT2D eigenvalue weighted by molar-refractivity contribution is 7.98. The Hall–Kier alpha value is -0.430. The van der Waals surface area contributed by atoms with E-state index in [0.29, 0.717) is 0 Å². The van der Waals surface area contributed by atoms with Crippen molar-refractivity contribution in [3.05, 3.63) is 35.4 Å². The number of benzene rings is 1. The maximum Gasteiger partial charge on any atom is 0.0187 e. The molecule has 1 aromatic rings. The molecule has 0 saturated carbocycles. The molecular weight excluding hydrogens is 152 g/mol. The minimum absolute atomic E-state index is 1.22. The topological polar surface area (TPSA) is 0 Å². The fourth-order valence-electron chi connectivity index (χ4n) is 1.49. The molecule has 2 rings (SSSR count). The van der Waals surface area contributed by atoms with Crippen molar-refractivity contribution in [2.24, 2.45) is 0 Å². The van der Waals surface area contributed by atoms with Gasteiger partial charge in [-0.2, -0.15) is 11.8 Å². The molecule has 0 bridgehead atoms. The van der Waals surface area contributed by atoms with E-state index < -0.39 is 0 Å². The first-order chi connectivity index (χ1) is 5.47. The van der Waals surface area contributed by atoms with Gasteiger partial charge in [0.1, 0.15) is 0 Å². The molecule has 11 heavy (non-hydrogen) atoms. The highest BCUT2D eigenvalue weighted by Crippen LogP contribution is 2.22. The lowest BCUT2D eigenvalue weighted by Gasteiger charge is -2.01. The molecule has 0 nitrogen and oxygen atoms in total. The zero-order chi connectivity index (χ0) is 7.52. The highest BCUT2D eigenvalue weighted by Gasteiger charge is 2.05. The number of thioether (sulfide) groups is 1. The third-order valence-corrected chi connectivity index (χ3v) is 3.20. The number of aryl methyl sites for hydroxylation is 1. The van der Waals surface area contributed by atoms with Gasteiger partial charge >= 0.3 is 0 Å². The van der Waals surface area contributed by atoms with Crippen LogP contribution in [0.5, 0.6) is 0 Å². The molecule has 0 fully saturated rings. The molecule has 1 aromatic carbocycles. The first-order valence-electron chi connectivity index (χ1n) is 4.11. The molecule has 0 saturated heterocycles. The maximum atomic E-state index is 2.27. The summed E-state index contributed by atoms with van der Waals surface area (Å²) in [7, 11) is 0. The predicted octanol–water partition coefficient (Wildman–Crippen LogP) is 2.87. The Labute approximate surface area is 72.0 Å². The molecule has 58 valence electrons. The molecular formula is C10H12S. The molecule has 0 amide bonds. The van der Waals surface area contributed by atoms with Crippen molar-refractivity contribution in [1.29, 1.82) is 0 Å². The third kappa shape index (κ3) is 1.59. The Morgan fingerprint density at radius 2 is 1.91 bits per heavy atom. The molecule has 0 spiro atoms. The van der Waals surface area contributed by atoms with E-state index in [1.54, 1.807) is 11.1 Å². The number of hydrogen-bond donors (Lipinski definition) is 0. The maximum absolute atomic E-state index is 2.27. The molecule has 1 aliphatic rings. The number of hydrogen-bond acceptors (Lipinski definition) is 1. The quantitative estimate of drug-likeness (QED) is 0.568. The summed E-state index contributed by atoms with van der Waals surface area (Å²) in [6.07, 6.45) is 2.63. The summed E-state index contributed by atoms with van der Waals surface area (Å²) in [5.74, 6) is 2.55. The van der Waals surface area contributed by atoms with Gasteiger partial charge in [-0.1, -0.05) is 24.3 Å². The van der Waals surface area contributed by atoms with Crippen LogP contribution in [0, 0.1) is 0 Å². The summed E-state index contributed by atoms with van der Waals surface area (Å²) in [4.78, 5) is 0. The Balaban J connectivity index is 2.33. The van der Waals surface area contributed by atoms with Gasteiger partial charge < -0.3 is 0 Å². The monoisotopic (exact) mass is 164 g/mol. The average molecular weight is 164 g/mol. The van der Waals surface area contributed by atoms with Gasteiger partial charge in [0.15, 0.2) is 0 Å². The summed E-state index contributed by atoms with van der Waals surface area (Å²) in [6.45, 7) is 0. The van der Waals surface area contributed by atoms with Crippen LogP contribution in [0.1, 0.15) is 17.5 Å². The molecule has 1 heteroatoms. The summed E-state index contributed by atoms with van der Waals surface area (Å²) in [5, 5.41) is 0. The Kier molecular flexibility index (Phi) is 2.18. The fraction of sp³-hybridized carbons (Fsp3) is 0.400. The van der Waals surface area contributed by atoms with Crippen molar-refractivity contribution in [2.75, 3.05) is 5.75 Å². The largest absolute Gasteiger partial charge is 0.157 e. The smallest absolute Gasteiger partial charge is 0.0187 e. The SMILES string of the molecule is c1ccc2c(c1)CCCSC2. The van der Waals surface area contributed by atoms with Crippen molar-refractivity contribution in [1.82, 2.24) is 0 Å². The lowest BCUT2D eigenvalue weighted by molar-refractivity contribution is 0.935. The van der Waals surface area contributed by atoms with E-state index in [1.165, 1.54) is 24.3 Å². The van der Waals surface area contributed by atoms with E-state index in [9.17, 15) is 0 Å². The second kappa shape index (κ2) is 3.31. The Morgan fingerprint density at radius 3 is 2.82 bits per heavy atom. The van der Waals surface area contributed by atoms with Crippen LogP contribution in [-0.4, -0.2) is 5.75 Å². The zero-order valence-electron chi connectivity index (χ0n) is 6.55. The van der Waals surface area contributed by atoms with Crippen molar-refractivity contribution < 1.29 is 0 Å². The van der Waals surface area contributed by atoms with Crippen LogP contribution in [-0.2, 0) is 12.2 Å². The number of rotatable bonds is 0. The average Bonchev–Trinajstić information content (AvgIpc) is 2.28. The summed E-state index contributed by atoms with van der Waals surface area (Å²) in [5.41, 5.74) is 3.12. The van der Waals surface area contributed by atoms with Crippen LogP contribution in [0.3, 0.4) is 0 Å². The van der Waals surface area contributed by atoms with Gasteiger partial charge in [-0.05, 0) is 29.7 Å². The van der Waals surface area contributed by atoms with Gasteiger partial charge in [-0.3, -0.25) is 0 Å². The standard InChI is InChI=1S/C10H12S/c1-2-5-10-8-11-7-3-6-9(10)4-1/h1-2,4-5H,3,6-8H2. The van der Waals surface area contributed by atoms with Crippen molar-refractivity contribution in [3.63, 3.8) is 0 Å². The van der Waals surface area contributed by atoms with Gasteiger partial charge in [0.05, 0.1) is 0 Å². The van der Waals surface area contributed by atoms with Crippen molar-refractivity contribution in [2.45, 2.75) is 18.6 Å². The molecule has 0 N–H and O–H groups in total. The molecule has 1 heterocycles. The van der Waals surface area contributed by atoms with Crippen LogP contribution < -0.4 is 0 Å². The van der Waals surface area contributed by atoms with Gasteiger partial charge in [-0.15, -0.1) is 0 Å². The van der Waals surface area contributed by atoms with E-state index in [1.807, 2.05) is 0 Å². The Morgan fingerprint density at radius 1 is 1.09 bits per heavy atom. The summed E-state index contributed by atoms with van der Waals surface area (Å²) in [6, 6.07) is 8.81.